The second-order valence-corrected chi connectivity index (χ2v) is 10.8. The number of carbonyl (C=O) groups excluding carboxylic acids is 1. The van der Waals surface area contributed by atoms with Crippen LogP contribution in [-0.4, -0.2) is 47.9 Å². The van der Waals surface area contributed by atoms with Crippen LogP contribution >= 0.6 is 11.3 Å². The number of hydrogen-bond donors (Lipinski definition) is 1. The molecule has 3 heterocycles. The summed E-state index contributed by atoms with van der Waals surface area (Å²) in [6, 6.07) is 1.84. The largest absolute Gasteiger partial charge is 0.353 e. The molecule has 2 fully saturated rings. The molecule has 1 atom stereocenters. The summed E-state index contributed by atoms with van der Waals surface area (Å²) in [5.41, 5.74) is 0.629. The van der Waals surface area contributed by atoms with E-state index in [1.807, 2.05) is 6.92 Å². The van der Waals surface area contributed by atoms with Crippen LogP contribution in [0.25, 0.3) is 11.4 Å². The van der Waals surface area contributed by atoms with Gasteiger partial charge in [0, 0.05) is 36.5 Å². The summed E-state index contributed by atoms with van der Waals surface area (Å²) in [5, 5.41) is 8.75. The molecule has 0 bridgehead atoms. The van der Waals surface area contributed by atoms with E-state index in [0.717, 1.165) is 43.4 Å². The molecule has 10 heteroatoms. The van der Waals surface area contributed by atoms with E-state index in [1.165, 1.54) is 4.31 Å². The fraction of sp³-hybridized carbons (Fsp3) is 0.632. The van der Waals surface area contributed by atoms with Crippen molar-refractivity contribution < 1.29 is 17.7 Å². The lowest BCUT2D eigenvalue weighted by Gasteiger charge is -2.31. The highest BCUT2D eigenvalue weighted by Crippen LogP contribution is 2.31. The molecule has 8 nitrogen and oxygen atoms in total. The maximum Gasteiger partial charge on any atom is 0.252 e. The molecule has 2 aromatic rings. The minimum absolute atomic E-state index is 0.0115. The highest BCUT2D eigenvalue weighted by Gasteiger charge is 2.35. The lowest BCUT2D eigenvalue weighted by molar-refractivity contribution is -0.126. The van der Waals surface area contributed by atoms with Crippen molar-refractivity contribution in [1.82, 2.24) is 19.8 Å². The lowest BCUT2D eigenvalue weighted by atomic mass is 9.98. The zero-order chi connectivity index (χ0) is 20.4. The summed E-state index contributed by atoms with van der Waals surface area (Å²) in [4.78, 5) is 16.9. The molecular formula is C19H26N4O4S2. The first-order chi connectivity index (χ1) is 14.0. The molecule has 2 aromatic heterocycles. The van der Waals surface area contributed by atoms with Gasteiger partial charge in [-0.15, -0.1) is 11.3 Å². The number of nitrogens with one attached hydrogen (secondary N) is 1. The van der Waals surface area contributed by atoms with Gasteiger partial charge in [-0.25, -0.2) is 8.42 Å². The van der Waals surface area contributed by atoms with Crippen LogP contribution in [0.3, 0.4) is 0 Å². The SMILES string of the molecule is CCc1nc(-c2csc(S(=O)(=O)N3CCC[C@H](C(=O)NC4CCCC4)C3)c2)no1. The Kier molecular flexibility index (Phi) is 6.03. The van der Waals surface area contributed by atoms with Gasteiger partial charge < -0.3 is 9.84 Å². The van der Waals surface area contributed by atoms with Gasteiger partial charge in [0.15, 0.2) is 0 Å². The van der Waals surface area contributed by atoms with E-state index >= 15 is 0 Å². The number of amides is 1. The third-order valence-electron chi connectivity index (χ3n) is 5.65. The van der Waals surface area contributed by atoms with Crippen LogP contribution in [0.2, 0.25) is 0 Å². The molecule has 0 unspecified atom stereocenters. The lowest BCUT2D eigenvalue weighted by Crippen LogP contribution is -2.47. The number of nitrogens with zero attached hydrogens (tertiary/aromatic N) is 3. The average Bonchev–Trinajstić information content (AvgIpc) is 3.48. The van der Waals surface area contributed by atoms with E-state index in [9.17, 15) is 13.2 Å². The van der Waals surface area contributed by atoms with Crippen LogP contribution < -0.4 is 5.32 Å². The minimum atomic E-state index is -3.66. The molecule has 1 saturated heterocycles. The molecule has 0 spiro atoms. The predicted molar refractivity (Wildman–Crippen MR) is 109 cm³/mol. The predicted octanol–water partition coefficient (Wildman–Crippen LogP) is 2.82. The van der Waals surface area contributed by atoms with Crippen molar-refractivity contribution in [2.45, 2.75) is 62.1 Å². The first-order valence-corrected chi connectivity index (χ1v) is 12.5. The number of thiophene rings is 1. The molecule has 0 radical (unpaired) electrons. The molecular weight excluding hydrogens is 412 g/mol. The van der Waals surface area contributed by atoms with Gasteiger partial charge in [-0.3, -0.25) is 4.79 Å². The van der Waals surface area contributed by atoms with E-state index in [-0.39, 0.29) is 28.6 Å². The van der Waals surface area contributed by atoms with Crippen molar-refractivity contribution in [3.05, 3.63) is 17.3 Å². The third kappa shape index (κ3) is 4.39. The summed E-state index contributed by atoms with van der Waals surface area (Å²) in [7, 11) is -3.66. The summed E-state index contributed by atoms with van der Waals surface area (Å²) in [6.45, 7) is 2.58. The highest BCUT2D eigenvalue weighted by molar-refractivity contribution is 7.91. The Labute approximate surface area is 174 Å². The van der Waals surface area contributed by atoms with Crippen LogP contribution in [0.15, 0.2) is 20.2 Å². The van der Waals surface area contributed by atoms with Gasteiger partial charge in [0.25, 0.3) is 10.0 Å². The van der Waals surface area contributed by atoms with E-state index in [4.69, 9.17) is 4.52 Å². The fourth-order valence-electron chi connectivity index (χ4n) is 3.98. The van der Waals surface area contributed by atoms with Crippen LogP contribution in [0, 0.1) is 5.92 Å². The smallest absolute Gasteiger partial charge is 0.252 e. The monoisotopic (exact) mass is 438 g/mol. The summed E-state index contributed by atoms with van der Waals surface area (Å²) in [5.74, 6) is 0.611. The first-order valence-electron chi connectivity index (χ1n) is 10.2. The number of hydrogen-bond acceptors (Lipinski definition) is 7. The maximum absolute atomic E-state index is 13.1. The number of rotatable bonds is 6. The molecule has 0 aromatic carbocycles. The summed E-state index contributed by atoms with van der Waals surface area (Å²) >= 11 is 1.15. The van der Waals surface area contributed by atoms with Crippen LogP contribution in [0.4, 0.5) is 0 Å². The van der Waals surface area contributed by atoms with Crippen LogP contribution in [0.1, 0.15) is 51.3 Å². The third-order valence-corrected chi connectivity index (χ3v) is 8.94. The molecule has 1 aliphatic heterocycles. The Morgan fingerprint density at radius 2 is 2.10 bits per heavy atom. The minimum Gasteiger partial charge on any atom is -0.353 e. The van der Waals surface area contributed by atoms with Gasteiger partial charge in [-0.1, -0.05) is 24.9 Å². The normalized spacial score (nSPS) is 21.5. The molecule has 4 rings (SSSR count). The Morgan fingerprint density at radius 1 is 1.31 bits per heavy atom. The summed E-state index contributed by atoms with van der Waals surface area (Å²) in [6.07, 6.45) is 6.38. The van der Waals surface area contributed by atoms with Crippen molar-refractivity contribution in [2.75, 3.05) is 13.1 Å². The summed E-state index contributed by atoms with van der Waals surface area (Å²) < 4.78 is 33.1. The zero-order valence-electron chi connectivity index (χ0n) is 16.5. The number of carbonyl (C=O) groups is 1. The molecule has 1 saturated carbocycles. The van der Waals surface area contributed by atoms with Gasteiger partial charge in [0.1, 0.15) is 4.21 Å². The van der Waals surface area contributed by atoms with Crippen molar-refractivity contribution in [2.24, 2.45) is 5.92 Å². The van der Waals surface area contributed by atoms with E-state index < -0.39 is 10.0 Å². The van der Waals surface area contributed by atoms with Crippen LogP contribution in [-0.2, 0) is 21.2 Å². The van der Waals surface area contributed by atoms with E-state index in [0.29, 0.717) is 36.7 Å². The van der Waals surface area contributed by atoms with Gasteiger partial charge in [0.2, 0.25) is 17.6 Å². The van der Waals surface area contributed by atoms with Gasteiger partial charge >= 0.3 is 0 Å². The van der Waals surface area contributed by atoms with Crippen molar-refractivity contribution in [1.29, 1.82) is 0 Å². The van der Waals surface area contributed by atoms with Crippen LogP contribution in [0.5, 0.6) is 0 Å². The molecule has 1 aliphatic carbocycles. The van der Waals surface area contributed by atoms with Crippen molar-refractivity contribution >= 4 is 27.3 Å². The Balaban J connectivity index is 1.46. The number of aromatic nitrogens is 2. The molecule has 29 heavy (non-hydrogen) atoms. The maximum atomic E-state index is 13.1. The second kappa shape index (κ2) is 8.53. The average molecular weight is 439 g/mol. The van der Waals surface area contributed by atoms with Gasteiger partial charge in [-0.05, 0) is 31.7 Å². The number of sulfonamides is 1. The second-order valence-electron chi connectivity index (χ2n) is 7.71. The molecule has 158 valence electrons. The van der Waals surface area contributed by atoms with Crippen molar-refractivity contribution in [3.63, 3.8) is 0 Å². The van der Waals surface area contributed by atoms with Crippen molar-refractivity contribution in [3.8, 4) is 11.4 Å². The number of piperidine rings is 1. The van der Waals surface area contributed by atoms with Gasteiger partial charge in [-0.2, -0.15) is 9.29 Å². The number of aryl methyl sites for hydroxylation is 1. The van der Waals surface area contributed by atoms with E-state index in [1.54, 1.807) is 11.4 Å². The molecule has 1 amide bonds. The highest BCUT2D eigenvalue weighted by atomic mass is 32.2. The van der Waals surface area contributed by atoms with E-state index in [2.05, 4.69) is 15.5 Å². The first kappa shape index (κ1) is 20.5. The Morgan fingerprint density at radius 3 is 2.83 bits per heavy atom. The zero-order valence-corrected chi connectivity index (χ0v) is 18.1. The Bertz CT molecular complexity index is 963. The van der Waals surface area contributed by atoms with Gasteiger partial charge in [0.05, 0.1) is 5.92 Å². The topological polar surface area (TPSA) is 105 Å². The Hall–Kier alpha value is -1.78. The quantitative estimate of drug-likeness (QED) is 0.743. The standard InChI is InChI=1S/C19H26N4O4S2/c1-2-16-21-18(22-27-16)14-10-17(28-12-14)29(25,26)23-9-5-6-13(11-23)19(24)20-15-7-3-4-8-15/h10,12-13,15H,2-9,11H2,1H3,(H,20,24)/t13-/m0/s1. The molecule has 2 aliphatic rings. The molecule has 1 N–H and O–H groups in total. The fourth-order valence-corrected chi connectivity index (χ4v) is 6.81.